The lowest BCUT2D eigenvalue weighted by atomic mass is 9.82. The number of ether oxygens (including phenoxy) is 3. The van der Waals surface area contributed by atoms with E-state index in [0.717, 1.165) is 46.4 Å². The SMILES string of the molecule is COC(=O)C1=C(C(=O)OC)Cc2cc3c(cc2C1)COC1=C(C3)C(=O)CCC1. The summed E-state index contributed by atoms with van der Waals surface area (Å²) in [6, 6.07) is 4.08. The molecule has 0 radical (unpaired) electrons. The number of benzene rings is 1. The van der Waals surface area contributed by atoms with E-state index in [2.05, 4.69) is 0 Å². The Morgan fingerprint density at radius 3 is 2.04 bits per heavy atom. The van der Waals surface area contributed by atoms with Crippen LogP contribution in [0.15, 0.2) is 34.6 Å². The summed E-state index contributed by atoms with van der Waals surface area (Å²) in [7, 11) is 2.61. The fraction of sp³-hybridized carbons (Fsp3) is 0.409. The number of carbonyl (C=O) groups excluding carboxylic acids is 3. The summed E-state index contributed by atoms with van der Waals surface area (Å²) < 4.78 is 15.7. The summed E-state index contributed by atoms with van der Waals surface area (Å²) in [5, 5.41) is 0. The molecule has 28 heavy (non-hydrogen) atoms. The fourth-order valence-electron chi connectivity index (χ4n) is 4.23. The predicted molar refractivity (Wildman–Crippen MR) is 99.3 cm³/mol. The Labute approximate surface area is 163 Å². The van der Waals surface area contributed by atoms with Gasteiger partial charge in [-0.05, 0) is 28.7 Å². The van der Waals surface area contributed by atoms with Gasteiger partial charge in [-0.25, -0.2) is 9.59 Å². The third kappa shape index (κ3) is 3.13. The van der Waals surface area contributed by atoms with Gasteiger partial charge < -0.3 is 14.2 Å². The lowest BCUT2D eigenvalue weighted by molar-refractivity contribution is -0.139. The topological polar surface area (TPSA) is 78.9 Å². The van der Waals surface area contributed by atoms with Crippen molar-refractivity contribution in [3.63, 3.8) is 0 Å². The van der Waals surface area contributed by atoms with Crippen LogP contribution in [-0.4, -0.2) is 31.9 Å². The van der Waals surface area contributed by atoms with Crippen LogP contribution in [0.3, 0.4) is 0 Å². The number of ketones is 1. The highest BCUT2D eigenvalue weighted by molar-refractivity contribution is 6.01. The van der Waals surface area contributed by atoms with E-state index in [4.69, 9.17) is 14.2 Å². The van der Waals surface area contributed by atoms with Crippen molar-refractivity contribution in [1.82, 2.24) is 0 Å². The van der Waals surface area contributed by atoms with Crippen LogP contribution in [0.25, 0.3) is 0 Å². The number of esters is 2. The van der Waals surface area contributed by atoms with Crippen LogP contribution in [0.4, 0.5) is 0 Å². The van der Waals surface area contributed by atoms with E-state index >= 15 is 0 Å². The lowest BCUT2D eigenvalue weighted by Gasteiger charge is -2.22. The van der Waals surface area contributed by atoms with Crippen molar-refractivity contribution in [2.75, 3.05) is 14.2 Å². The molecule has 0 unspecified atom stereocenters. The molecule has 0 saturated heterocycles. The average molecular weight is 382 g/mol. The monoisotopic (exact) mass is 382 g/mol. The molecule has 4 rings (SSSR count). The molecular weight excluding hydrogens is 360 g/mol. The Morgan fingerprint density at radius 1 is 0.857 bits per heavy atom. The summed E-state index contributed by atoms with van der Waals surface area (Å²) in [4.78, 5) is 36.8. The van der Waals surface area contributed by atoms with E-state index < -0.39 is 11.9 Å². The van der Waals surface area contributed by atoms with Crippen LogP contribution in [0.5, 0.6) is 0 Å². The van der Waals surface area contributed by atoms with Gasteiger partial charge in [0, 0.05) is 37.7 Å². The van der Waals surface area contributed by atoms with E-state index in [1.807, 2.05) is 12.1 Å². The predicted octanol–water partition coefficient (Wildman–Crippen LogP) is 2.51. The van der Waals surface area contributed by atoms with Crippen molar-refractivity contribution in [2.45, 2.75) is 45.1 Å². The number of hydrogen-bond acceptors (Lipinski definition) is 6. The van der Waals surface area contributed by atoms with Gasteiger partial charge in [0.2, 0.25) is 0 Å². The lowest BCUT2D eigenvalue weighted by Crippen LogP contribution is -2.22. The minimum atomic E-state index is -0.517. The normalized spacial score (nSPS) is 18.4. The summed E-state index contributed by atoms with van der Waals surface area (Å²) in [6.07, 6.45) is 3.37. The van der Waals surface area contributed by atoms with Gasteiger partial charge in [0.1, 0.15) is 12.4 Å². The Balaban J connectivity index is 1.73. The maximum atomic E-state index is 12.4. The number of Topliss-reactive ketones (excluding diaryl/α,β-unsaturated/α-hetero) is 1. The van der Waals surface area contributed by atoms with Crippen molar-refractivity contribution in [3.8, 4) is 0 Å². The minimum Gasteiger partial charge on any atom is -0.493 e. The van der Waals surface area contributed by atoms with Gasteiger partial charge in [0.15, 0.2) is 5.78 Å². The largest absolute Gasteiger partial charge is 0.493 e. The van der Waals surface area contributed by atoms with Crippen molar-refractivity contribution < 1.29 is 28.6 Å². The molecule has 0 fully saturated rings. The van der Waals surface area contributed by atoms with Gasteiger partial charge in [-0.15, -0.1) is 0 Å². The molecule has 1 aromatic carbocycles. The number of hydrogen-bond donors (Lipinski definition) is 0. The van der Waals surface area contributed by atoms with Crippen LogP contribution in [-0.2, 0) is 54.5 Å². The van der Waals surface area contributed by atoms with E-state index in [1.165, 1.54) is 14.2 Å². The summed E-state index contributed by atoms with van der Waals surface area (Å²) >= 11 is 0. The average Bonchev–Trinajstić information content (AvgIpc) is 2.90. The van der Waals surface area contributed by atoms with Crippen molar-refractivity contribution >= 4 is 17.7 Å². The van der Waals surface area contributed by atoms with Crippen LogP contribution in [0.2, 0.25) is 0 Å². The third-order valence-corrected chi connectivity index (χ3v) is 5.73. The molecule has 0 aromatic heterocycles. The molecule has 0 amide bonds. The van der Waals surface area contributed by atoms with Gasteiger partial charge in [-0.3, -0.25) is 4.79 Å². The smallest absolute Gasteiger partial charge is 0.334 e. The molecule has 1 aliphatic heterocycles. The minimum absolute atomic E-state index is 0.162. The highest BCUT2D eigenvalue weighted by Gasteiger charge is 2.31. The molecule has 146 valence electrons. The van der Waals surface area contributed by atoms with Gasteiger partial charge in [-0.2, -0.15) is 0 Å². The molecule has 1 heterocycles. The highest BCUT2D eigenvalue weighted by Crippen LogP contribution is 2.35. The molecule has 0 saturated carbocycles. The highest BCUT2D eigenvalue weighted by atomic mass is 16.5. The zero-order valence-corrected chi connectivity index (χ0v) is 16.1. The Bertz CT molecular complexity index is 950. The van der Waals surface area contributed by atoms with Crippen LogP contribution in [0, 0.1) is 0 Å². The van der Waals surface area contributed by atoms with Crippen LogP contribution < -0.4 is 0 Å². The Kier molecular flexibility index (Phi) is 4.79. The fourth-order valence-corrected chi connectivity index (χ4v) is 4.23. The second kappa shape index (κ2) is 7.26. The van der Waals surface area contributed by atoms with Crippen LogP contribution >= 0.6 is 0 Å². The summed E-state index contributed by atoms with van der Waals surface area (Å²) in [5.41, 5.74) is 5.46. The Morgan fingerprint density at radius 2 is 1.43 bits per heavy atom. The summed E-state index contributed by atoms with van der Waals surface area (Å²) in [6.45, 7) is 0.413. The van der Waals surface area contributed by atoms with Gasteiger partial charge in [0.25, 0.3) is 0 Å². The first-order valence-corrected chi connectivity index (χ1v) is 9.42. The first-order chi connectivity index (χ1) is 13.5. The standard InChI is InChI=1S/C22H22O6/c1-26-21(24)16-8-12-6-14-10-18-19(23)4-3-5-20(18)28-11-15(14)7-13(12)9-17(16)22(25)27-2/h6-7H,3-5,8-11H2,1-2H3. The molecule has 3 aliphatic rings. The second-order valence-electron chi connectivity index (χ2n) is 7.33. The van der Waals surface area contributed by atoms with Crippen molar-refractivity contribution in [1.29, 1.82) is 0 Å². The third-order valence-electron chi connectivity index (χ3n) is 5.73. The zero-order valence-electron chi connectivity index (χ0n) is 16.1. The first kappa shape index (κ1) is 18.5. The molecule has 0 bridgehead atoms. The van der Waals surface area contributed by atoms with Gasteiger partial charge in [0.05, 0.1) is 25.4 Å². The quantitative estimate of drug-likeness (QED) is 0.732. The summed E-state index contributed by atoms with van der Waals surface area (Å²) in [5.74, 6) is -0.0549. The number of carbonyl (C=O) groups is 3. The van der Waals surface area contributed by atoms with E-state index in [0.29, 0.717) is 43.4 Å². The second-order valence-corrected chi connectivity index (χ2v) is 7.33. The first-order valence-electron chi connectivity index (χ1n) is 9.42. The van der Waals surface area contributed by atoms with Crippen molar-refractivity contribution in [2.24, 2.45) is 0 Å². The van der Waals surface area contributed by atoms with Crippen molar-refractivity contribution in [3.05, 3.63) is 56.9 Å². The number of allylic oxidation sites excluding steroid dienone is 2. The Hall–Kier alpha value is -2.89. The zero-order chi connectivity index (χ0) is 19.8. The van der Waals surface area contributed by atoms with E-state index in [-0.39, 0.29) is 5.78 Å². The number of fused-ring (bicyclic) bond motifs is 2. The molecule has 6 heteroatoms. The number of methoxy groups -OCH3 is 2. The maximum Gasteiger partial charge on any atom is 0.334 e. The van der Waals surface area contributed by atoms with Gasteiger partial charge in [-0.1, -0.05) is 12.1 Å². The van der Waals surface area contributed by atoms with Gasteiger partial charge >= 0.3 is 11.9 Å². The molecule has 0 N–H and O–H groups in total. The molecule has 0 spiro atoms. The van der Waals surface area contributed by atoms with E-state index in [9.17, 15) is 14.4 Å². The maximum absolute atomic E-state index is 12.4. The molecule has 6 nitrogen and oxygen atoms in total. The molecule has 2 aliphatic carbocycles. The molecule has 0 atom stereocenters. The van der Waals surface area contributed by atoms with Crippen LogP contribution in [0.1, 0.15) is 41.5 Å². The number of rotatable bonds is 2. The van der Waals surface area contributed by atoms with E-state index in [1.54, 1.807) is 0 Å². The molecular formula is C22H22O6. The molecule has 1 aromatic rings.